The quantitative estimate of drug-likeness (QED) is 0.171. The first kappa shape index (κ1) is 43.2. The van der Waals surface area contributed by atoms with Crippen molar-refractivity contribution >= 4 is 40.7 Å². The summed E-state index contributed by atoms with van der Waals surface area (Å²) in [7, 11) is 7.06. The summed E-state index contributed by atoms with van der Waals surface area (Å²) < 4.78 is 23.8. The van der Waals surface area contributed by atoms with Crippen molar-refractivity contribution in [2.24, 2.45) is 16.6 Å². The highest BCUT2D eigenvalue weighted by Crippen LogP contribution is 2.51. The van der Waals surface area contributed by atoms with Crippen LogP contribution in [0.1, 0.15) is 73.6 Å². The van der Waals surface area contributed by atoms with Gasteiger partial charge in [0.05, 0.1) is 61.5 Å². The van der Waals surface area contributed by atoms with Gasteiger partial charge in [0.15, 0.2) is 23.0 Å². The lowest BCUT2D eigenvalue weighted by Gasteiger charge is -2.47. The summed E-state index contributed by atoms with van der Waals surface area (Å²) in [4.78, 5) is 62.4. The van der Waals surface area contributed by atoms with Gasteiger partial charge in [-0.3, -0.25) is 24.2 Å². The van der Waals surface area contributed by atoms with Crippen molar-refractivity contribution < 1.29 is 38.1 Å². The van der Waals surface area contributed by atoms with E-state index in [2.05, 4.69) is 39.5 Å². The molecule has 5 N–H and O–H groups in total. The van der Waals surface area contributed by atoms with Crippen LogP contribution in [0, 0.1) is 5.92 Å². The molecule has 0 aromatic heterocycles. The second kappa shape index (κ2) is 18.3. The van der Waals surface area contributed by atoms with Crippen LogP contribution in [0.4, 0.5) is 11.4 Å². The van der Waals surface area contributed by atoms with Crippen LogP contribution in [0.25, 0.3) is 0 Å². The van der Waals surface area contributed by atoms with Gasteiger partial charge in [0.1, 0.15) is 12.2 Å². The van der Waals surface area contributed by atoms with E-state index in [4.69, 9.17) is 29.7 Å². The highest BCUT2D eigenvalue weighted by Gasteiger charge is 2.58. The summed E-state index contributed by atoms with van der Waals surface area (Å²) in [5.41, 5.74) is 8.18. The molecule has 2 aromatic carbocycles. The van der Waals surface area contributed by atoms with Crippen LogP contribution in [0.15, 0.2) is 42.0 Å². The molecule has 6 rings (SSSR count). The predicted molar refractivity (Wildman–Crippen MR) is 224 cm³/mol. The fourth-order valence-corrected chi connectivity index (χ4v) is 8.05. The molecule has 2 saturated heterocycles. The first-order valence-corrected chi connectivity index (χ1v) is 20.3. The number of carbonyl (C=O) groups is 4. The Labute approximate surface area is 346 Å². The molecule has 3 heterocycles. The van der Waals surface area contributed by atoms with Gasteiger partial charge in [0.2, 0.25) is 11.8 Å². The third-order valence-electron chi connectivity index (χ3n) is 11.8. The van der Waals surface area contributed by atoms with E-state index in [0.717, 1.165) is 44.7 Å². The van der Waals surface area contributed by atoms with Gasteiger partial charge in [-0.1, -0.05) is 20.4 Å². The number of aliphatic imine (C=N–C) groups is 1. The number of carbonyl (C=O) groups excluding carboxylic acids is 4. The minimum absolute atomic E-state index is 0.0872. The van der Waals surface area contributed by atoms with Crippen LogP contribution < -0.4 is 45.6 Å². The van der Waals surface area contributed by atoms with Gasteiger partial charge in [0, 0.05) is 57.5 Å². The molecule has 3 aliphatic heterocycles. The SMILES string of the molecule is C=CNC(=O)c1cc(OC)c(OCCCOc2cc3c(cc2OC)C(=O)N2C(NC(=O)[C@H](C)NC(=O)[C@@H](N)C(C)C)CC[C@]24CCC4=N3)cc1N(C)N1CCN(C)CC1. The van der Waals surface area contributed by atoms with Crippen LogP contribution in [0.2, 0.25) is 0 Å². The van der Waals surface area contributed by atoms with Gasteiger partial charge in [-0.2, -0.15) is 0 Å². The summed E-state index contributed by atoms with van der Waals surface area (Å²) in [6.07, 6.45) is 3.90. The van der Waals surface area contributed by atoms with Gasteiger partial charge < -0.3 is 55.4 Å². The molecule has 0 bridgehead atoms. The lowest BCUT2D eigenvalue weighted by molar-refractivity contribution is -0.130. The third kappa shape index (κ3) is 8.82. The maximum absolute atomic E-state index is 14.4. The Balaban J connectivity index is 1.13. The number of benzene rings is 2. The van der Waals surface area contributed by atoms with Crippen LogP contribution in [-0.2, 0) is 9.59 Å². The number of hydrazine groups is 1. The number of amides is 4. The number of likely N-dealkylation sites (N-methyl/N-ethyl adjacent to an activating group) is 1. The van der Waals surface area contributed by atoms with Crippen molar-refractivity contribution in [3.05, 3.63) is 48.2 Å². The topological polar surface area (TPSA) is 193 Å². The molecule has 4 aliphatic rings. The molecular formula is C42H59N9O8. The van der Waals surface area contributed by atoms with Gasteiger partial charge in [-0.05, 0) is 63.9 Å². The largest absolute Gasteiger partial charge is 0.493 e. The Morgan fingerprint density at radius 1 is 0.983 bits per heavy atom. The Hall–Kier alpha value is -5.39. The molecule has 4 atom stereocenters. The number of fused-ring (bicyclic) bond motifs is 1. The normalized spacial score (nSPS) is 21.0. The highest BCUT2D eigenvalue weighted by atomic mass is 16.5. The van der Waals surface area contributed by atoms with E-state index < -0.39 is 35.6 Å². The Morgan fingerprint density at radius 2 is 1.64 bits per heavy atom. The van der Waals surface area contributed by atoms with E-state index in [-0.39, 0.29) is 30.9 Å². The average Bonchev–Trinajstić information content (AvgIpc) is 3.59. The lowest BCUT2D eigenvalue weighted by atomic mass is 9.72. The smallest absolute Gasteiger partial charge is 0.258 e. The number of rotatable bonds is 17. The molecule has 1 aliphatic carbocycles. The molecule has 1 saturated carbocycles. The molecular weight excluding hydrogens is 759 g/mol. The van der Waals surface area contributed by atoms with Crippen molar-refractivity contribution in [3.63, 3.8) is 0 Å². The van der Waals surface area contributed by atoms with Gasteiger partial charge >= 0.3 is 0 Å². The number of hydrogen-bond donors (Lipinski definition) is 4. The first-order chi connectivity index (χ1) is 28.2. The Bertz CT molecular complexity index is 1970. The van der Waals surface area contributed by atoms with Crippen LogP contribution in [-0.4, -0.2) is 136 Å². The zero-order chi connectivity index (χ0) is 42.6. The summed E-state index contributed by atoms with van der Waals surface area (Å²) in [5.74, 6) is 0.219. The van der Waals surface area contributed by atoms with E-state index in [1.54, 1.807) is 30.0 Å². The number of nitrogens with one attached hydrogen (secondary N) is 3. The zero-order valence-corrected chi connectivity index (χ0v) is 35.3. The Morgan fingerprint density at radius 3 is 2.25 bits per heavy atom. The van der Waals surface area contributed by atoms with Gasteiger partial charge in [-0.25, -0.2) is 5.01 Å². The number of methoxy groups -OCH3 is 2. The van der Waals surface area contributed by atoms with E-state index in [9.17, 15) is 19.2 Å². The van der Waals surface area contributed by atoms with Crippen LogP contribution in [0.5, 0.6) is 23.0 Å². The van der Waals surface area contributed by atoms with Gasteiger partial charge in [-0.15, -0.1) is 0 Å². The minimum Gasteiger partial charge on any atom is -0.493 e. The summed E-state index contributed by atoms with van der Waals surface area (Å²) in [5, 5.41) is 12.6. The number of nitrogens with two attached hydrogens (primary N) is 1. The van der Waals surface area contributed by atoms with Gasteiger partial charge in [0.25, 0.3) is 11.8 Å². The average molecular weight is 818 g/mol. The van der Waals surface area contributed by atoms with Crippen molar-refractivity contribution in [1.29, 1.82) is 0 Å². The summed E-state index contributed by atoms with van der Waals surface area (Å²) >= 11 is 0. The minimum atomic E-state index is -0.845. The number of ether oxygens (including phenoxy) is 4. The molecule has 17 nitrogen and oxygen atoms in total. The van der Waals surface area contributed by atoms with Crippen LogP contribution in [0.3, 0.4) is 0 Å². The van der Waals surface area contributed by atoms with E-state index in [0.29, 0.717) is 64.8 Å². The number of hydrogen-bond acceptors (Lipinski definition) is 13. The molecule has 4 amide bonds. The first-order valence-electron chi connectivity index (χ1n) is 20.3. The summed E-state index contributed by atoms with van der Waals surface area (Å²) in [6.45, 7) is 12.9. The molecule has 3 fully saturated rings. The monoisotopic (exact) mass is 817 g/mol. The summed E-state index contributed by atoms with van der Waals surface area (Å²) in [6, 6.07) is 5.28. The van der Waals surface area contributed by atoms with Crippen molar-refractivity contribution in [1.82, 2.24) is 30.8 Å². The molecule has 59 heavy (non-hydrogen) atoms. The molecule has 1 unspecified atom stereocenters. The number of piperazine rings is 1. The second-order valence-corrected chi connectivity index (χ2v) is 15.9. The number of nitrogens with zero attached hydrogens (tertiary/aromatic N) is 5. The van der Waals surface area contributed by atoms with Crippen LogP contribution >= 0.6 is 0 Å². The predicted octanol–water partition coefficient (Wildman–Crippen LogP) is 2.81. The molecule has 0 radical (unpaired) electrons. The fraction of sp³-hybridized carbons (Fsp3) is 0.548. The molecule has 320 valence electrons. The number of anilines is 1. The maximum atomic E-state index is 14.4. The molecule has 17 heteroatoms. The van der Waals surface area contributed by atoms with E-state index in [1.807, 2.05) is 32.0 Å². The third-order valence-corrected chi connectivity index (χ3v) is 11.8. The molecule has 2 aromatic rings. The highest BCUT2D eigenvalue weighted by molar-refractivity contribution is 6.12. The maximum Gasteiger partial charge on any atom is 0.258 e. The van der Waals surface area contributed by atoms with Crippen molar-refractivity contribution in [3.8, 4) is 23.0 Å². The lowest BCUT2D eigenvalue weighted by Crippen LogP contribution is -2.64. The van der Waals surface area contributed by atoms with Crippen molar-refractivity contribution in [2.45, 2.75) is 76.7 Å². The van der Waals surface area contributed by atoms with E-state index in [1.165, 1.54) is 20.4 Å². The fourth-order valence-electron chi connectivity index (χ4n) is 8.05. The zero-order valence-electron chi connectivity index (χ0n) is 35.3. The Kier molecular flexibility index (Phi) is 13.4. The molecule has 1 spiro atoms. The standard InChI is InChI=1S/C42H59N9O8/c1-9-44-39(53)28-22-32(57-8)34(24-30(28)49(6)50-17-15-48(5)16-18-50)59-20-10-19-58-33-23-29-27(21-31(33)56-7)41(55)51-36(12-14-42(51)13-11-35(42)46-29)47-38(52)26(4)45-40(54)37(43)25(2)3/h9,21-26,36-37H,1,10-20,43H2,2-8H3,(H,44,53)(H,45,54)(H,47,52)/t26-,36?,37-,42-/m0/s1. The van der Waals surface area contributed by atoms with E-state index >= 15 is 0 Å². The second-order valence-electron chi connectivity index (χ2n) is 15.9. The van der Waals surface area contributed by atoms with Crippen molar-refractivity contribution in [2.75, 3.05) is 72.7 Å².